The second-order valence-corrected chi connectivity index (χ2v) is 5.05. The molecule has 4 heteroatoms. The molecule has 1 aliphatic rings. The predicted octanol–water partition coefficient (Wildman–Crippen LogP) is 0.954. The minimum absolute atomic E-state index is 0.498. The van der Waals surface area contributed by atoms with Crippen molar-refractivity contribution < 1.29 is 0 Å². The topological polar surface area (TPSA) is 33.1 Å². The largest absolute Gasteiger partial charge is 0.336 e. The Morgan fingerprint density at radius 1 is 1.56 bits per heavy atom. The minimum Gasteiger partial charge on any atom is -0.336 e. The summed E-state index contributed by atoms with van der Waals surface area (Å²) in [6, 6.07) is 1.84. The molecule has 1 N–H and O–H groups in total. The summed E-state index contributed by atoms with van der Waals surface area (Å²) in [5, 5.41) is 3.69. The Morgan fingerprint density at radius 2 is 2.38 bits per heavy atom. The molecule has 1 aromatic rings. The Hall–Kier alpha value is -0.870. The van der Waals surface area contributed by atoms with E-state index in [1.807, 2.05) is 18.7 Å². The molecular weight excluding hydrogens is 200 g/mol. The molecule has 1 saturated heterocycles. The number of hydrogen-bond acceptors (Lipinski definition) is 3. The van der Waals surface area contributed by atoms with Crippen LogP contribution in [0.1, 0.15) is 20.3 Å². The molecule has 0 saturated carbocycles. The van der Waals surface area contributed by atoms with Crippen LogP contribution in [0.15, 0.2) is 18.7 Å². The zero-order chi connectivity index (χ0) is 11.5. The van der Waals surface area contributed by atoms with Crippen LogP contribution in [-0.2, 0) is 6.54 Å². The Balaban J connectivity index is 1.77. The molecule has 2 heterocycles. The molecule has 0 spiro atoms. The number of likely N-dealkylation sites (tertiary alicyclic amines) is 1. The van der Waals surface area contributed by atoms with Crippen LogP contribution >= 0.6 is 0 Å². The van der Waals surface area contributed by atoms with Crippen molar-refractivity contribution >= 4 is 0 Å². The smallest absolute Gasteiger partial charge is 0.0946 e. The van der Waals surface area contributed by atoms with Crippen LogP contribution in [0.25, 0.3) is 0 Å². The van der Waals surface area contributed by atoms with Crippen LogP contribution in [-0.4, -0.2) is 46.2 Å². The van der Waals surface area contributed by atoms with Crippen LogP contribution in [0, 0.1) is 0 Å². The monoisotopic (exact) mass is 222 g/mol. The average molecular weight is 222 g/mol. The first-order chi connectivity index (χ1) is 7.65. The van der Waals surface area contributed by atoms with Crippen molar-refractivity contribution in [1.29, 1.82) is 0 Å². The fourth-order valence-corrected chi connectivity index (χ4v) is 2.48. The van der Waals surface area contributed by atoms with Crippen molar-refractivity contribution in [3.05, 3.63) is 18.7 Å². The maximum atomic E-state index is 4.06. The molecule has 0 radical (unpaired) electrons. The SMILES string of the molecule is CC(Cn1ccnc1)NC1CC(C)N(C)C1. The van der Waals surface area contributed by atoms with E-state index in [4.69, 9.17) is 0 Å². The zero-order valence-corrected chi connectivity index (χ0v) is 10.4. The second-order valence-electron chi connectivity index (χ2n) is 5.05. The van der Waals surface area contributed by atoms with Crippen molar-refractivity contribution in [3.63, 3.8) is 0 Å². The lowest BCUT2D eigenvalue weighted by Crippen LogP contribution is -2.40. The van der Waals surface area contributed by atoms with E-state index < -0.39 is 0 Å². The summed E-state index contributed by atoms with van der Waals surface area (Å²) >= 11 is 0. The van der Waals surface area contributed by atoms with Gasteiger partial charge in [0.2, 0.25) is 0 Å². The lowest BCUT2D eigenvalue weighted by atomic mass is 10.1. The molecule has 1 aromatic heterocycles. The highest BCUT2D eigenvalue weighted by Crippen LogP contribution is 2.15. The summed E-state index contributed by atoms with van der Waals surface area (Å²) in [5.41, 5.74) is 0. The van der Waals surface area contributed by atoms with Gasteiger partial charge in [-0.1, -0.05) is 0 Å². The van der Waals surface area contributed by atoms with E-state index in [2.05, 4.69) is 40.7 Å². The quantitative estimate of drug-likeness (QED) is 0.823. The van der Waals surface area contributed by atoms with Crippen molar-refractivity contribution in [3.8, 4) is 0 Å². The molecule has 3 atom stereocenters. The van der Waals surface area contributed by atoms with Crippen LogP contribution in [0.3, 0.4) is 0 Å². The molecule has 16 heavy (non-hydrogen) atoms. The van der Waals surface area contributed by atoms with Gasteiger partial charge in [0.25, 0.3) is 0 Å². The predicted molar refractivity (Wildman–Crippen MR) is 65.3 cm³/mol. The maximum Gasteiger partial charge on any atom is 0.0946 e. The zero-order valence-electron chi connectivity index (χ0n) is 10.4. The first kappa shape index (κ1) is 11.6. The summed E-state index contributed by atoms with van der Waals surface area (Å²) in [6.07, 6.45) is 6.98. The third kappa shape index (κ3) is 2.83. The van der Waals surface area contributed by atoms with Crippen molar-refractivity contribution in [2.45, 2.75) is 44.9 Å². The van der Waals surface area contributed by atoms with Gasteiger partial charge in [0, 0.05) is 43.6 Å². The standard InChI is InChI=1S/C12H22N4/c1-10(7-16-5-4-13-9-16)14-12-6-11(2)15(3)8-12/h4-5,9-12,14H,6-8H2,1-3H3. The number of nitrogens with zero attached hydrogens (tertiary/aromatic N) is 3. The lowest BCUT2D eigenvalue weighted by molar-refractivity contribution is 0.323. The third-order valence-corrected chi connectivity index (χ3v) is 3.45. The normalized spacial score (nSPS) is 28.4. The van der Waals surface area contributed by atoms with Gasteiger partial charge in [-0.05, 0) is 27.3 Å². The van der Waals surface area contributed by atoms with Crippen molar-refractivity contribution in [2.24, 2.45) is 0 Å². The molecule has 1 aliphatic heterocycles. The van der Waals surface area contributed by atoms with Crippen molar-refractivity contribution in [1.82, 2.24) is 19.8 Å². The molecule has 2 rings (SSSR count). The van der Waals surface area contributed by atoms with Gasteiger partial charge in [-0.15, -0.1) is 0 Å². The Bertz CT molecular complexity index is 299. The van der Waals surface area contributed by atoms with Crippen LogP contribution in [0.5, 0.6) is 0 Å². The number of hydrogen-bond donors (Lipinski definition) is 1. The van der Waals surface area contributed by atoms with E-state index >= 15 is 0 Å². The highest BCUT2D eigenvalue weighted by Gasteiger charge is 2.26. The third-order valence-electron chi connectivity index (χ3n) is 3.45. The van der Waals surface area contributed by atoms with Gasteiger partial charge in [0.15, 0.2) is 0 Å². The molecule has 0 aliphatic carbocycles. The first-order valence-electron chi connectivity index (χ1n) is 6.07. The fraction of sp³-hybridized carbons (Fsp3) is 0.750. The second kappa shape index (κ2) is 4.97. The van der Waals surface area contributed by atoms with E-state index in [0.29, 0.717) is 18.1 Å². The lowest BCUT2D eigenvalue weighted by Gasteiger charge is -2.19. The minimum atomic E-state index is 0.498. The van der Waals surface area contributed by atoms with Gasteiger partial charge in [-0.25, -0.2) is 4.98 Å². The fourth-order valence-electron chi connectivity index (χ4n) is 2.48. The number of likely N-dealkylation sites (N-methyl/N-ethyl adjacent to an activating group) is 1. The summed E-state index contributed by atoms with van der Waals surface area (Å²) in [7, 11) is 2.20. The van der Waals surface area contributed by atoms with Crippen LogP contribution in [0.2, 0.25) is 0 Å². The van der Waals surface area contributed by atoms with Crippen LogP contribution < -0.4 is 5.32 Å². The van der Waals surface area contributed by atoms with Gasteiger partial charge in [-0.2, -0.15) is 0 Å². The Kier molecular flexibility index (Phi) is 3.61. The summed E-state index contributed by atoms with van der Waals surface area (Å²) in [5.74, 6) is 0. The summed E-state index contributed by atoms with van der Waals surface area (Å²) in [4.78, 5) is 6.48. The van der Waals surface area contributed by atoms with Gasteiger partial charge in [-0.3, -0.25) is 0 Å². The summed E-state index contributed by atoms with van der Waals surface area (Å²) < 4.78 is 2.12. The van der Waals surface area contributed by atoms with E-state index in [1.165, 1.54) is 6.42 Å². The van der Waals surface area contributed by atoms with Crippen molar-refractivity contribution in [2.75, 3.05) is 13.6 Å². The molecule has 90 valence electrons. The number of imidazole rings is 1. The van der Waals surface area contributed by atoms with E-state index in [1.54, 1.807) is 0 Å². The number of rotatable bonds is 4. The van der Waals surface area contributed by atoms with Gasteiger partial charge < -0.3 is 14.8 Å². The van der Waals surface area contributed by atoms with Gasteiger partial charge in [0.05, 0.1) is 6.33 Å². The van der Waals surface area contributed by atoms with E-state index in [0.717, 1.165) is 13.1 Å². The van der Waals surface area contributed by atoms with E-state index in [-0.39, 0.29) is 0 Å². The average Bonchev–Trinajstić information content (AvgIpc) is 2.78. The Labute approximate surface area is 97.7 Å². The molecule has 0 bridgehead atoms. The maximum absolute atomic E-state index is 4.06. The molecule has 4 nitrogen and oxygen atoms in total. The number of aromatic nitrogens is 2. The number of nitrogens with one attached hydrogen (secondary N) is 1. The molecule has 1 fully saturated rings. The molecule has 3 unspecified atom stereocenters. The molecule has 0 aromatic carbocycles. The highest BCUT2D eigenvalue weighted by atomic mass is 15.2. The molecular formula is C12H22N4. The molecule has 0 amide bonds. The van der Waals surface area contributed by atoms with Gasteiger partial charge >= 0.3 is 0 Å². The Morgan fingerprint density at radius 3 is 2.94 bits per heavy atom. The van der Waals surface area contributed by atoms with E-state index in [9.17, 15) is 0 Å². The van der Waals surface area contributed by atoms with Gasteiger partial charge in [0.1, 0.15) is 0 Å². The summed E-state index contributed by atoms with van der Waals surface area (Å²) in [6.45, 7) is 6.69. The highest BCUT2D eigenvalue weighted by molar-refractivity contribution is 4.87. The first-order valence-corrected chi connectivity index (χ1v) is 6.07. The van der Waals surface area contributed by atoms with Crippen LogP contribution in [0.4, 0.5) is 0 Å².